The standard InChI is InChI=1S/C23H24N2O4/c26-20(12-15-25-22(28)18-8-4-5-9-19(18)23(25)29)24-13-10-17(11-14-24)21(27)16-6-2-1-3-7-16/h1-9,17,21,27H,10-15H2/t21-/m1/s1. The first-order valence-corrected chi connectivity index (χ1v) is 10.0. The van der Waals surface area contributed by atoms with Gasteiger partial charge >= 0.3 is 0 Å². The number of aliphatic hydroxyl groups excluding tert-OH is 1. The van der Waals surface area contributed by atoms with Crippen molar-refractivity contribution in [2.24, 2.45) is 5.92 Å². The number of likely N-dealkylation sites (tertiary alicyclic amines) is 1. The van der Waals surface area contributed by atoms with Gasteiger partial charge < -0.3 is 10.0 Å². The van der Waals surface area contributed by atoms with Crippen LogP contribution in [0.5, 0.6) is 0 Å². The Balaban J connectivity index is 1.29. The number of nitrogens with zero attached hydrogens (tertiary/aromatic N) is 2. The number of hydrogen-bond donors (Lipinski definition) is 1. The molecule has 0 bridgehead atoms. The first-order valence-electron chi connectivity index (χ1n) is 10.0. The first-order chi connectivity index (χ1) is 14.1. The molecule has 0 spiro atoms. The second kappa shape index (κ2) is 8.17. The predicted octanol–water partition coefficient (Wildman–Crippen LogP) is 2.64. The predicted molar refractivity (Wildman–Crippen MR) is 107 cm³/mol. The summed E-state index contributed by atoms with van der Waals surface area (Å²) in [7, 11) is 0. The molecular formula is C23H24N2O4. The molecule has 3 amide bonds. The highest BCUT2D eigenvalue weighted by molar-refractivity contribution is 6.21. The van der Waals surface area contributed by atoms with E-state index in [1.54, 1.807) is 29.2 Å². The Morgan fingerprint density at radius 2 is 1.48 bits per heavy atom. The lowest BCUT2D eigenvalue weighted by Crippen LogP contribution is -2.41. The summed E-state index contributed by atoms with van der Waals surface area (Å²) in [5.74, 6) is -0.599. The maximum Gasteiger partial charge on any atom is 0.261 e. The van der Waals surface area contributed by atoms with E-state index in [1.807, 2.05) is 30.3 Å². The van der Waals surface area contributed by atoms with Crippen LogP contribution in [0.1, 0.15) is 51.6 Å². The molecular weight excluding hydrogens is 368 g/mol. The Kier molecular flexibility index (Phi) is 5.45. The highest BCUT2D eigenvalue weighted by atomic mass is 16.3. The lowest BCUT2D eigenvalue weighted by atomic mass is 9.87. The molecule has 150 valence electrons. The molecule has 2 aromatic rings. The largest absolute Gasteiger partial charge is 0.388 e. The molecule has 0 aliphatic carbocycles. The maximum atomic E-state index is 12.6. The minimum Gasteiger partial charge on any atom is -0.388 e. The van der Waals surface area contributed by atoms with Gasteiger partial charge in [0, 0.05) is 26.1 Å². The quantitative estimate of drug-likeness (QED) is 0.794. The van der Waals surface area contributed by atoms with Crippen molar-refractivity contribution in [2.75, 3.05) is 19.6 Å². The molecule has 6 nitrogen and oxygen atoms in total. The van der Waals surface area contributed by atoms with Crippen LogP contribution < -0.4 is 0 Å². The Morgan fingerprint density at radius 1 is 0.931 bits per heavy atom. The van der Waals surface area contributed by atoms with E-state index in [2.05, 4.69) is 0 Å². The van der Waals surface area contributed by atoms with Gasteiger partial charge in [-0.2, -0.15) is 0 Å². The van der Waals surface area contributed by atoms with E-state index >= 15 is 0 Å². The summed E-state index contributed by atoms with van der Waals surface area (Å²) in [5.41, 5.74) is 1.71. The smallest absolute Gasteiger partial charge is 0.261 e. The van der Waals surface area contributed by atoms with Gasteiger partial charge in [0.2, 0.25) is 5.91 Å². The Bertz CT molecular complexity index is 884. The molecule has 4 rings (SSSR count). The minimum atomic E-state index is -0.521. The summed E-state index contributed by atoms with van der Waals surface area (Å²) in [6, 6.07) is 16.3. The van der Waals surface area contributed by atoms with Crippen molar-refractivity contribution in [1.82, 2.24) is 9.80 Å². The summed E-state index contributed by atoms with van der Waals surface area (Å²) in [6.45, 7) is 1.25. The number of piperidine rings is 1. The molecule has 0 radical (unpaired) electrons. The van der Waals surface area contributed by atoms with Crippen LogP contribution in [-0.2, 0) is 4.79 Å². The van der Waals surface area contributed by atoms with Crippen LogP contribution in [-0.4, -0.2) is 52.3 Å². The molecule has 0 aromatic heterocycles. The molecule has 29 heavy (non-hydrogen) atoms. The molecule has 0 saturated carbocycles. The zero-order valence-corrected chi connectivity index (χ0v) is 16.2. The second-order valence-electron chi connectivity index (χ2n) is 7.63. The average Bonchev–Trinajstić information content (AvgIpc) is 3.02. The molecule has 6 heteroatoms. The molecule has 2 heterocycles. The average molecular weight is 392 g/mol. The van der Waals surface area contributed by atoms with Gasteiger partial charge in [-0.25, -0.2) is 0 Å². The lowest BCUT2D eigenvalue weighted by molar-refractivity contribution is -0.133. The minimum absolute atomic E-state index is 0.0609. The molecule has 2 aliphatic heterocycles. The summed E-state index contributed by atoms with van der Waals surface area (Å²) >= 11 is 0. The summed E-state index contributed by atoms with van der Waals surface area (Å²) in [6.07, 6.45) is 1.06. The number of amides is 3. The zero-order chi connectivity index (χ0) is 20.4. The van der Waals surface area contributed by atoms with Gasteiger partial charge in [0.1, 0.15) is 0 Å². The fourth-order valence-corrected chi connectivity index (χ4v) is 4.19. The normalized spacial score (nSPS) is 18.1. The highest BCUT2D eigenvalue weighted by Crippen LogP contribution is 2.31. The van der Waals surface area contributed by atoms with Gasteiger partial charge in [0.25, 0.3) is 11.8 Å². The van der Waals surface area contributed by atoms with Crippen LogP contribution in [0.4, 0.5) is 0 Å². The number of carbonyl (C=O) groups is 3. The number of benzene rings is 2. The highest BCUT2D eigenvalue weighted by Gasteiger charge is 2.35. The van der Waals surface area contributed by atoms with Crippen molar-refractivity contribution in [3.8, 4) is 0 Å². The van der Waals surface area contributed by atoms with E-state index < -0.39 is 6.10 Å². The fraction of sp³-hybridized carbons (Fsp3) is 0.348. The molecule has 1 atom stereocenters. The summed E-state index contributed by atoms with van der Waals surface area (Å²) in [4.78, 5) is 40.3. The van der Waals surface area contributed by atoms with E-state index in [9.17, 15) is 19.5 Å². The summed E-state index contributed by atoms with van der Waals surface area (Å²) in [5, 5.41) is 10.6. The number of carbonyl (C=O) groups excluding carboxylic acids is 3. The topological polar surface area (TPSA) is 77.9 Å². The van der Waals surface area contributed by atoms with Gasteiger partial charge in [-0.05, 0) is 36.5 Å². The third-order valence-corrected chi connectivity index (χ3v) is 5.91. The van der Waals surface area contributed by atoms with Crippen LogP contribution in [0.25, 0.3) is 0 Å². The van der Waals surface area contributed by atoms with Crippen molar-refractivity contribution in [3.63, 3.8) is 0 Å². The van der Waals surface area contributed by atoms with E-state index in [1.165, 1.54) is 0 Å². The second-order valence-corrected chi connectivity index (χ2v) is 7.63. The van der Waals surface area contributed by atoms with Gasteiger partial charge in [0.15, 0.2) is 0 Å². The number of imide groups is 1. The zero-order valence-electron chi connectivity index (χ0n) is 16.2. The van der Waals surface area contributed by atoms with Crippen molar-refractivity contribution >= 4 is 17.7 Å². The van der Waals surface area contributed by atoms with Gasteiger partial charge in [-0.1, -0.05) is 42.5 Å². The Morgan fingerprint density at radius 3 is 2.07 bits per heavy atom. The third kappa shape index (κ3) is 3.80. The van der Waals surface area contributed by atoms with E-state index in [-0.39, 0.29) is 36.6 Å². The van der Waals surface area contributed by atoms with Gasteiger partial charge in [0.05, 0.1) is 17.2 Å². The number of aliphatic hydroxyl groups is 1. The van der Waals surface area contributed by atoms with Crippen LogP contribution >= 0.6 is 0 Å². The van der Waals surface area contributed by atoms with E-state index in [4.69, 9.17) is 0 Å². The van der Waals surface area contributed by atoms with Crippen LogP contribution in [0, 0.1) is 5.92 Å². The van der Waals surface area contributed by atoms with Crippen molar-refractivity contribution in [2.45, 2.75) is 25.4 Å². The molecule has 1 fully saturated rings. The number of rotatable bonds is 5. The van der Waals surface area contributed by atoms with Crippen molar-refractivity contribution in [1.29, 1.82) is 0 Å². The number of hydrogen-bond acceptors (Lipinski definition) is 4. The monoisotopic (exact) mass is 392 g/mol. The van der Waals surface area contributed by atoms with E-state index in [0.29, 0.717) is 24.2 Å². The molecule has 2 aromatic carbocycles. The van der Waals surface area contributed by atoms with Crippen molar-refractivity contribution < 1.29 is 19.5 Å². The van der Waals surface area contributed by atoms with Crippen LogP contribution in [0.2, 0.25) is 0 Å². The SMILES string of the molecule is O=C(CCN1C(=O)c2ccccc2C1=O)N1CCC([C@H](O)c2ccccc2)CC1. The van der Waals surface area contributed by atoms with E-state index in [0.717, 1.165) is 23.3 Å². The van der Waals surface area contributed by atoms with Crippen LogP contribution in [0.3, 0.4) is 0 Å². The van der Waals surface area contributed by atoms with Crippen LogP contribution in [0.15, 0.2) is 54.6 Å². The third-order valence-electron chi connectivity index (χ3n) is 5.91. The Hall–Kier alpha value is -2.99. The van der Waals surface area contributed by atoms with Gasteiger partial charge in [-0.3, -0.25) is 19.3 Å². The molecule has 1 N–H and O–H groups in total. The molecule has 1 saturated heterocycles. The fourth-order valence-electron chi connectivity index (χ4n) is 4.19. The lowest BCUT2D eigenvalue weighted by Gasteiger charge is -2.34. The Labute approximate surface area is 169 Å². The summed E-state index contributed by atoms with van der Waals surface area (Å²) < 4.78 is 0. The first kappa shape index (κ1) is 19.3. The van der Waals surface area contributed by atoms with Crippen molar-refractivity contribution in [3.05, 3.63) is 71.3 Å². The maximum absolute atomic E-state index is 12.6. The molecule has 0 unspecified atom stereocenters. The van der Waals surface area contributed by atoms with Gasteiger partial charge in [-0.15, -0.1) is 0 Å². The molecule has 2 aliphatic rings. The number of fused-ring (bicyclic) bond motifs is 1.